The summed E-state index contributed by atoms with van der Waals surface area (Å²) >= 11 is 0. The molecule has 0 aliphatic carbocycles. The quantitative estimate of drug-likeness (QED) is 0.282. The van der Waals surface area contributed by atoms with Crippen LogP contribution in [-0.2, 0) is 14.8 Å². The first-order chi connectivity index (χ1) is 19.1. The Labute approximate surface area is 233 Å². The molecule has 0 spiro atoms. The molecule has 0 saturated heterocycles. The Kier molecular flexibility index (Phi) is 8.64. The Morgan fingerprint density at radius 2 is 1.52 bits per heavy atom. The molecule has 0 aliphatic heterocycles. The maximum absolute atomic E-state index is 13.8. The highest BCUT2D eigenvalue weighted by Crippen LogP contribution is 2.38. The average molecular weight is 568 g/mol. The lowest BCUT2D eigenvalue weighted by atomic mass is 10.2. The molecule has 0 unspecified atom stereocenters. The maximum Gasteiger partial charge on any atom is 0.243 e. The largest absolute Gasteiger partial charge is 0.494 e. The molecule has 1 aromatic carbocycles. The number of ether oxygens (including phenoxy) is 3. The Bertz CT molecular complexity index is 1550. The summed E-state index contributed by atoms with van der Waals surface area (Å²) in [6, 6.07) is 10.7. The molecule has 12 nitrogen and oxygen atoms in total. The molecule has 0 saturated carbocycles. The van der Waals surface area contributed by atoms with Crippen molar-refractivity contribution in [1.82, 2.24) is 29.7 Å². The second-order valence-electron chi connectivity index (χ2n) is 9.43. The molecule has 1 N–H and O–H groups in total. The lowest BCUT2D eigenvalue weighted by Gasteiger charge is -2.25. The number of hydrogen-bond acceptors (Lipinski definition) is 10. The fourth-order valence-electron chi connectivity index (χ4n) is 4.05. The van der Waals surface area contributed by atoms with Crippen LogP contribution >= 0.6 is 0 Å². The highest BCUT2D eigenvalue weighted by molar-refractivity contribution is 7.93. The molecule has 0 aliphatic rings. The Hall–Kier alpha value is -4.10. The molecular formula is C27H33N7O5S. The van der Waals surface area contributed by atoms with E-state index < -0.39 is 21.4 Å². The van der Waals surface area contributed by atoms with Gasteiger partial charge in [-0.15, -0.1) is 10.2 Å². The van der Waals surface area contributed by atoms with E-state index in [1.165, 1.54) is 25.7 Å². The third kappa shape index (κ3) is 6.05. The number of para-hydroxylation sites is 1. The van der Waals surface area contributed by atoms with Crippen molar-refractivity contribution in [3.8, 4) is 28.7 Å². The van der Waals surface area contributed by atoms with Crippen LogP contribution in [0.15, 0.2) is 48.8 Å². The lowest BCUT2D eigenvalue weighted by Crippen LogP contribution is -2.35. The van der Waals surface area contributed by atoms with Crippen molar-refractivity contribution in [3.63, 3.8) is 0 Å². The number of nitrogens with zero attached hydrogens (tertiary/aromatic N) is 6. The van der Waals surface area contributed by atoms with Crippen LogP contribution in [0.5, 0.6) is 11.5 Å². The lowest BCUT2D eigenvalue weighted by molar-refractivity contribution is 0.00152. The molecule has 13 heteroatoms. The molecule has 0 radical (unpaired) electrons. The summed E-state index contributed by atoms with van der Waals surface area (Å²) in [7, 11) is -1.13. The van der Waals surface area contributed by atoms with Gasteiger partial charge in [0, 0.05) is 18.1 Å². The Morgan fingerprint density at radius 1 is 0.900 bits per heavy atom. The third-order valence-corrected chi connectivity index (χ3v) is 7.72. The molecular weight excluding hydrogens is 534 g/mol. The smallest absolute Gasteiger partial charge is 0.243 e. The van der Waals surface area contributed by atoms with Crippen LogP contribution in [0.25, 0.3) is 17.2 Å². The average Bonchev–Trinajstić information content (AvgIpc) is 3.33. The van der Waals surface area contributed by atoms with Gasteiger partial charge in [0.2, 0.25) is 16.0 Å². The van der Waals surface area contributed by atoms with E-state index in [0.717, 1.165) is 11.3 Å². The van der Waals surface area contributed by atoms with Crippen molar-refractivity contribution in [2.75, 3.05) is 18.9 Å². The van der Waals surface area contributed by atoms with Gasteiger partial charge in [-0.25, -0.2) is 23.4 Å². The molecule has 3 heterocycles. The molecule has 4 rings (SSSR count). The van der Waals surface area contributed by atoms with E-state index in [1.54, 1.807) is 36.7 Å². The molecule has 3 aromatic heterocycles. The van der Waals surface area contributed by atoms with Gasteiger partial charge >= 0.3 is 0 Å². The van der Waals surface area contributed by atoms with Gasteiger partial charge in [-0.3, -0.25) is 9.29 Å². The molecule has 0 amide bonds. The SMILES string of the molecule is COc1cccc(OC)c1-n1c(NS(=O)(=O)[C@@H](C)[C@@H](OC(C)C)c2ncc(C)cn2)nnc1-c1cccc(C)n1. The van der Waals surface area contributed by atoms with Gasteiger partial charge < -0.3 is 14.2 Å². The van der Waals surface area contributed by atoms with Crippen LogP contribution in [-0.4, -0.2) is 63.7 Å². The van der Waals surface area contributed by atoms with E-state index in [1.807, 2.05) is 39.8 Å². The predicted molar refractivity (Wildman–Crippen MR) is 150 cm³/mol. The summed E-state index contributed by atoms with van der Waals surface area (Å²) in [5.74, 6) is 1.29. The molecule has 4 aromatic rings. The van der Waals surface area contributed by atoms with Crippen molar-refractivity contribution in [1.29, 1.82) is 0 Å². The Balaban J connectivity index is 1.85. The highest BCUT2D eigenvalue weighted by Gasteiger charge is 2.36. The van der Waals surface area contributed by atoms with Crippen molar-refractivity contribution in [2.24, 2.45) is 0 Å². The van der Waals surface area contributed by atoms with Crippen molar-refractivity contribution >= 4 is 16.0 Å². The summed E-state index contributed by atoms with van der Waals surface area (Å²) in [5.41, 5.74) is 2.48. The number of rotatable bonds is 11. The predicted octanol–water partition coefficient (Wildman–Crippen LogP) is 4.05. The first-order valence-corrected chi connectivity index (χ1v) is 14.2. The number of anilines is 1. The zero-order chi connectivity index (χ0) is 29.0. The number of nitrogens with one attached hydrogen (secondary N) is 1. The fourth-order valence-corrected chi connectivity index (χ4v) is 5.14. The zero-order valence-corrected chi connectivity index (χ0v) is 24.3. The first-order valence-electron chi connectivity index (χ1n) is 12.6. The summed E-state index contributed by atoms with van der Waals surface area (Å²) in [5, 5.41) is 7.43. The minimum Gasteiger partial charge on any atom is -0.494 e. The number of aryl methyl sites for hydroxylation is 2. The van der Waals surface area contributed by atoms with Gasteiger partial charge in [-0.1, -0.05) is 12.1 Å². The topological polar surface area (TPSA) is 143 Å². The van der Waals surface area contributed by atoms with Crippen molar-refractivity contribution < 1.29 is 22.6 Å². The third-order valence-electron chi connectivity index (χ3n) is 6.03. The second-order valence-corrected chi connectivity index (χ2v) is 11.5. The van der Waals surface area contributed by atoms with Crippen LogP contribution in [0.2, 0.25) is 0 Å². The number of hydrogen-bond donors (Lipinski definition) is 1. The van der Waals surface area contributed by atoms with E-state index in [-0.39, 0.29) is 23.7 Å². The monoisotopic (exact) mass is 567 g/mol. The van der Waals surface area contributed by atoms with Gasteiger partial charge in [0.25, 0.3) is 0 Å². The van der Waals surface area contributed by atoms with Crippen LogP contribution in [0.3, 0.4) is 0 Å². The molecule has 212 valence electrons. The standard InChI is InChI=1S/C27H33N7O5S/c1-16(2)39-24(25-28-14-17(3)15-29-25)19(5)40(35,36)33-27-32-31-26(20-11-8-10-18(4)30-20)34(27)23-21(37-6)12-9-13-22(23)38-7/h8-16,19,24H,1-7H3,(H,32,33)/t19-,24+/m0/s1. The molecule has 0 fully saturated rings. The van der Waals surface area contributed by atoms with E-state index in [9.17, 15) is 8.42 Å². The van der Waals surface area contributed by atoms with Crippen molar-refractivity contribution in [3.05, 3.63) is 65.9 Å². The van der Waals surface area contributed by atoms with E-state index in [0.29, 0.717) is 22.9 Å². The summed E-state index contributed by atoms with van der Waals surface area (Å²) < 4.78 is 49.1. The summed E-state index contributed by atoms with van der Waals surface area (Å²) in [6.07, 6.45) is 2.01. The van der Waals surface area contributed by atoms with Crippen LogP contribution in [0.4, 0.5) is 5.95 Å². The summed E-state index contributed by atoms with van der Waals surface area (Å²) in [4.78, 5) is 13.2. The Morgan fingerprint density at radius 3 is 2.10 bits per heavy atom. The van der Waals surface area contributed by atoms with Crippen LogP contribution in [0.1, 0.15) is 44.0 Å². The molecule has 0 bridgehead atoms. The first kappa shape index (κ1) is 28.9. The highest BCUT2D eigenvalue weighted by atomic mass is 32.2. The van der Waals surface area contributed by atoms with E-state index >= 15 is 0 Å². The number of methoxy groups -OCH3 is 2. The van der Waals surface area contributed by atoms with Gasteiger partial charge in [-0.2, -0.15) is 0 Å². The van der Waals surface area contributed by atoms with E-state index in [2.05, 4.69) is 29.9 Å². The van der Waals surface area contributed by atoms with Gasteiger partial charge in [0.15, 0.2) is 11.6 Å². The summed E-state index contributed by atoms with van der Waals surface area (Å²) in [6.45, 7) is 8.87. The van der Waals surface area contributed by atoms with Gasteiger partial charge in [0.1, 0.15) is 34.2 Å². The minimum atomic E-state index is -4.14. The van der Waals surface area contributed by atoms with Gasteiger partial charge in [0.05, 0.1) is 20.3 Å². The molecule has 40 heavy (non-hydrogen) atoms. The number of aromatic nitrogens is 6. The van der Waals surface area contributed by atoms with Crippen molar-refractivity contribution in [2.45, 2.75) is 52.1 Å². The number of pyridine rings is 1. The normalized spacial score (nSPS) is 13.2. The second kappa shape index (κ2) is 12.0. The zero-order valence-electron chi connectivity index (χ0n) is 23.5. The van der Waals surface area contributed by atoms with Crippen LogP contribution in [0, 0.1) is 13.8 Å². The van der Waals surface area contributed by atoms with Crippen LogP contribution < -0.4 is 14.2 Å². The fraction of sp³-hybridized carbons (Fsp3) is 0.370. The molecule has 2 atom stereocenters. The maximum atomic E-state index is 13.8. The van der Waals surface area contributed by atoms with E-state index in [4.69, 9.17) is 14.2 Å². The van der Waals surface area contributed by atoms with Gasteiger partial charge in [-0.05, 0) is 64.4 Å². The minimum absolute atomic E-state index is 0.0823. The number of sulfonamides is 1. The number of benzene rings is 1.